The van der Waals surface area contributed by atoms with Gasteiger partial charge in [0.2, 0.25) is 0 Å². The summed E-state index contributed by atoms with van der Waals surface area (Å²) in [5.74, 6) is -58.0. The summed E-state index contributed by atoms with van der Waals surface area (Å²) >= 11 is 0. The average Bonchev–Trinajstić information content (AvgIpc) is 3.02. The number of rotatable bonds is 19. The van der Waals surface area contributed by atoms with Crippen LogP contribution in [0.15, 0.2) is 60.7 Å². The molecule has 0 aliphatic rings. The number of hydrogen-bond acceptors (Lipinski definition) is 4. The Morgan fingerprint density at radius 3 is 1.14 bits per heavy atom. The molecule has 21 heteroatoms. The highest BCUT2D eigenvalue weighted by atomic mass is 19.4. The van der Waals surface area contributed by atoms with Crippen LogP contribution in [-0.4, -0.2) is 79.3 Å². The summed E-state index contributed by atoms with van der Waals surface area (Å²) in [6.45, 7) is -0.904. The van der Waals surface area contributed by atoms with E-state index in [1.165, 1.54) is 62.4 Å². The molecule has 0 heterocycles. The average molecular weight is 762 g/mol. The van der Waals surface area contributed by atoms with Crippen molar-refractivity contribution in [3.63, 3.8) is 0 Å². The second-order valence-corrected chi connectivity index (χ2v) is 10.3. The molecule has 0 aromatic heterocycles. The van der Waals surface area contributed by atoms with Crippen LogP contribution in [0.5, 0.6) is 0 Å². The minimum Gasteiger partial charge on any atom is -0.365 e. The first-order valence-corrected chi connectivity index (χ1v) is 14.0. The molecule has 0 radical (unpaired) electrons. The van der Waals surface area contributed by atoms with E-state index in [9.17, 15) is 57.1 Å². The number of halogens is 17. The number of benzene rings is 2. The van der Waals surface area contributed by atoms with Crippen LogP contribution in [0.1, 0.15) is 25.0 Å². The Balaban J connectivity index is 2.80. The molecule has 0 saturated carbocycles. The second-order valence-electron chi connectivity index (χ2n) is 10.3. The van der Waals surface area contributed by atoms with E-state index in [4.69, 9.17) is 18.9 Å². The summed E-state index contributed by atoms with van der Waals surface area (Å²) in [5, 5.41) is 0. The molecule has 0 aliphatic heterocycles. The third kappa shape index (κ3) is 7.79. The molecule has 50 heavy (non-hydrogen) atoms. The molecule has 0 unspecified atom stereocenters. The van der Waals surface area contributed by atoms with Gasteiger partial charge in [0.25, 0.3) is 0 Å². The van der Waals surface area contributed by atoms with Gasteiger partial charge in [-0.25, -0.2) is 0 Å². The predicted octanol–water partition coefficient (Wildman–Crippen LogP) is 9.57. The second kappa shape index (κ2) is 15.4. The normalized spacial score (nSPS) is 15.8. The molecule has 0 saturated heterocycles. The van der Waals surface area contributed by atoms with E-state index in [-0.39, 0.29) is 11.1 Å². The molecule has 0 aliphatic carbocycles. The lowest BCUT2D eigenvalue weighted by Gasteiger charge is -2.45. The van der Waals surface area contributed by atoms with Gasteiger partial charge in [0.1, 0.15) is 6.10 Å². The predicted molar refractivity (Wildman–Crippen MR) is 138 cm³/mol. The topological polar surface area (TPSA) is 36.9 Å². The van der Waals surface area contributed by atoms with Crippen molar-refractivity contribution in [2.75, 3.05) is 13.2 Å². The molecule has 2 atom stereocenters. The summed E-state index contributed by atoms with van der Waals surface area (Å²) in [4.78, 5) is 0. The molecule has 2 aromatic carbocycles. The van der Waals surface area contributed by atoms with Gasteiger partial charge in [-0.15, -0.1) is 0 Å². The summed E-state index contributed by atoms with van der Waals surface area (Å²) in [6.07, 6.45) is -17.1. The largest absolute Gasteiger partial charge is 0.460 e. The smallest absolute Gasteiger partial charge is 0.365 e. The molecule has 2 aromatic rings. The van der Waals surface area contributed by atoms with Gasteiger partial charge in [-0.05, 0) is 25.0 Å². The zero-order chi connectivity index (χ0) is 38.6. The van der Waals surface area contributed by atoms with Crippen molar-refractivity contribution in [3.8, 4) is 0 Å². The van der Waals surface area contributed by atoms with Crippen molar-refractivity contribution in [2.45, 2.75) is 93.2 Å². The zero-order valence-electron chi connectivity index (χ0n) is 25.4. The molecular formula is C29H27F17O4. The molecule has 2 rings (SSSR count). The first-order valence-electron chi connectivity index (χ1n) is 14.0. The van der Waals surface area contributed by atoms with E-state index in [1.807, 2.05) is 0 Å². The zero-order valence-corrected chi connectivity index (χ0v) is 25.4. The lowest BCUT2D eigenvalue weighted by atomic mass is 9.86. The van der Waals surface area contributed by atoms with E-state index >= 15 is 17.6 Å². The number of ether oxygens (including phenoxy) is 4. The Kier molecular flexibility index (Phi) is 13.3. The van der Waals surface area contributed by atoms with Crippen LogP contribution in [-0.2, 0) is 32.2 Å². The maximum Gasteiger partial charge on any atom is 0.460 e. The van der Waals surface area contributed by atoms with Crippen molar-refractivity contribution < 1.29 is 93.6 Å². The lowest BCUT2D eigenvalue weighted by molar-refractivity contribution is -0.466. The van der Waals surface area contributed by atoms with E-state index in [0.717, 1.165) is 12.1 Å². The van der Waals surface area contributed by atoms with Crippen molar-refractivity contribution in [1.82, 2.24) is 0 Å². The van der Waals surface area contributed by atoms with Crippen molar-refractivity contribution in [3.05, 3.63) is 71.8 Å². The highest BCUT2D eigenvalue weighted by molar-refractivity contribution is 5.18. The monoisotopic (exact) mass is 762 g/mol. The van der Waals surface area contributed by atoms with Crippen molar-refractivity contribution in [1.29, 1.82) is 0 Å². The molecule has 0 bridgehead atoms. The lowest BCUT2D eigenvalue weighted by Crippen LogP contribution is -2.76. The fourth-order valence-corrected chi connectivity index (χ4v) is 4.16. The summed E-state index contributed by atoms with van der Waals surface area (Å²) in [6, 6.07) is 12.6. The van der Waals surface area contributed by atoms with Crippen LogP contribution in [0.25, 0.3) is 0 Å². The van der Waals surface area contributed by atoms with E-state index in [2.05, 4.69) is 0 Å². The molecule has 0 amide bonds. The summed E-state index contributed by atoms with van der Waals surface area (Å²) < 4.78 is 261. The highest BCUT2D eigenvalue weighted by Gasteiger charge is 2.95. The Bertz CT molecular complexity index is 1330. The maximum atomic E-state index is 15.9. The fraction of sp³-hybridized carbons (Fsp3) is 0.586. The van der Waals surface area contributed by atoms with Gasteiger partial charge in [-0.2, -0.15) is 74.6 Å². The Morgan fingerprint density at radius 1 is 0.440 bits per heavy atom. The molecule has 4 nitrogen and oxygen atoms in total. The Labute approximate surface area is 272 Å². The highest BCUT2D eigenvalue weighted by Crippen LogP contribution is 2.64. The van der Waals surface area contributed by atoms with Crippen LogP contribution in [0.3, 0.4) is 0 Å². The third-order valence-electron chi connectivity index (χ3n) is 6.89. The SMILES string of the molecule is CCOC(OCC)[C@H](OCc1ccccc1)[C@@H](OCc1ccccc1)C(F)(F)C(F)(F)C(F)(F)C(F)(F)C(F)(F)C(F)(F)C(F)(F)C(F)(F)F. The summed E-state index contributed by atoms with van der Waals surface area (Å²) in [5.41, 5.74) is -0.133. The van der Waals surface area contributed by atoms with Gasteiger partial charge < -0.3 is 18.9 Å². The van der Waals surface area contributed by atoms with Gasteiger partial charge >= 0.3 is 47.6 Å². The Hall–Kier alpha value is -2.91. The molecule has 0 fully saturated rings. The first kappa shape index (κ1) is 43.3. The fourth-order valence-electron chi connectivity index (χ4n) is 4.16. The van der Waals surface area contributed by atoms with Crippen LogP contribution < -0.4 is 0 Å². The van der Waals surface area contributed by atoms with Gasteiger partial charge in [-0.3, -0.25) is 0 Å². The van der Waals surface area contributed by atoms with Gasteiger partial charge in [0, 0.05) is 13.2 Å². The van der Waals surface area contributed by atoms with Crippen LogP contribution in [0.2, 0.25) is 0 Å². The van der Waals surface area contributed by atoms with Crippen LogP contribution in [0, 0.1) is 0 Å². The van der Waals surface area contributed by atoms with Crippen molar-refractivity contribution in [2.24, 2.45) is 0 Å². The summed E-state index contributed by atoms with van der Waals surface area (Å²) in [7, 11) is 0. The first-order chi connectivity index (χ1) is 22.7. The van der Waals surface area contributed by atoms with Crippen LogP contribution >= 0.6 is 0 Å². The standard InChI is InChI=1S/C29H27F17O4/c1-3-47-21(48-4-2)19(49-15-17-11-7-5-8-12-17)20(50-16-18-13-9-6-10-14-18)22(30,31)23(32,33)24(34,35)25(36,37)26(38,39)27(40,41)28(42,43)29(44,45)46/h5-14,19-21H,3-4,15-16H2,1-2H3/t19-,20-/m1/s1. The molecular weight excluding hydrogens is 735 g/mol. The minimum absolute atomic E-state index is 0.0606. The van der Waals surface area contributed by atoms with E-state index in [1.54, 1.807) is 0 Å². The van der Waals surface area contributed by atoms with E-state index in [0.29, 0.717) is 0 Å². The third-order valence-corrected chi connectivity index (χ3v) is 6.89. The van der Waals surface area contributed by atoms with Gasteiger partial charge in [-0.1, -0.05) is 60.7 Å². The molecule has 0 N–H and O–H groups in total. The number of hydrogen-bond donors (Lipinski definition) is 0. The maximum absolute atomic E-state index is 15.9. The van der Waals surface area contributed by atoms with E-state index < -0.39 is 92.6 Å². The van der Waals surface area contributed by atoms with Crippen LogP contribution in [0.4, 0.5) is 74.6 Å². The van der Waals surface area contributed by atoms with Gasteiger partial charge in [0.15, 0.2) is 12.4 Å². The van der Waals surface area contributed by atoms with Gasteiger partial charge in [0.05, 0.1) is 13.2 Å². The minimum atomic E-state index is -8.77. The quantitative estimate of drug-likeness (QED) is 0.106. The Morgan fingerprint density at radius 2 is 0.780 bits per heavy atom. The van der Waals surface area contributed by atoms with Crippen molar-refractivity contribution >= 4 is 0 Å². The molecule has 0 spiro atoms. The number of alkyl halides is 17. The molecule has 286 valence electrons.